The standard InChI is InChI=1S/C14H14ClNO2/c15-12-3-1-2-11(8-12)14(9-16)6-4-10(5-7-14)13(17)18/h1-3,8,10H,4-7H2,(H,17,18). The smallest absolute Gasteiger partial charge is 0.306 e. The maximum absolute atomic E-state index is 10.9. The van der Waals surface area contributed by atoms with E-state index in [2.05, 4.69) is 6.07 Å². The van der Waals surface area contributed by atoms with E-state index in [-0.39, 0.29) is 5.92 Å². The number of rotatable bonds is 2. The van der Waals surface area contributed by atoms with Crippen molar-refractivity contribution >= 4 is 17.6 Å². The summed E-state index contributed by atoms with van der Waals surface area (Å²) in [5.74, 6) is -1.07. The van der Waals surface area contributed by atoms with Crippen molar-refractivity contribution in [3.63, 3.8) is 0 Å². The van der Waals surface area contributed by atoms with Crippen molar-refractivity contribution in [2.45, 2.75) is 31.1 Å². The number of nitrogens with zero attached hydrogens (tertiary/aromatic N) is 1. The van der Waals surface area contributed by atoms with E-state index in [0.717, 1.165) is 5.56 Å². The summed E-state index contributed by atoms with van der Waals surface area (Å²) in [5.41, 5.74) is 0.331. The highest BCUT2D eigenvalue weighted by Crippen LogP contribution is 2.41. The predicted molar refractivity (Wildman–Crippen MR) is 68.3 cm³/mol. The fourth-order valence-electron chi connectivity index (χ4n) is 2.61. The molecule has 1 N–H and O–H groups in total. The first kappa shape index (κ1) is 12.9. The van der Waals surface area contributed by atoms with Crippen LogP contribution < -0.4 is 0 Å². The van der Waals surface area contributed by atoms with Crippen LogP contribution in [0.15, 0.2) is 24.3 Å². The molecule has 0 heterocycles. The number of hydrogen-bond acceptors (Lipinski definition) is 2. The first-order valence-corrected chi connectivity index (χ1v) is 6.35. The minimum Gasteiger partial charge on any atom is -0.481 e. The minimum absolute atomic E-state index is 0.314. The number of benzene rings is 1. The first-order chi connectivity index (χ1) is 8.57. The molecule has 0 bridgehead atoms. The van der Waals surface area contributed by atoms with Gasteiger partial charge in [-0.3, -0.25) is 4.79 Å². The lowest BCUT2D eigenvalue weighted by molar-refractivity contribution is -0.143. The monoisotopic (exact) mass is 263 g/mol. The average Bonchev–Trinajstić information content (AvgIpc) is 2.38. The average molecular weight is 264 g/mol. The zero-order valence-corrected chi connectivity index (χ0v) is 10.7. The van der Waals surface area contributed by atoms with Gasteiger partial charge >= 0.3 is 5.97 Å². The van der Waals surface area contributed by atoms with E-state index in [9.17, 15) is 10.1 Å². The number of carboxylic acids is 1. The van der Waals surface area contributed by atoms with Gasteiger partial charge in [-0.25, -0.2) is 0 Å². The molecule has 18 heavy (non-hydrogen) atoms. The molecule has 1 saturated carbocycles. The Morgan fingerprint density at radius 2 is 2.11 bits per heavy atom. The summed E-state index contributed by atoms with van der Waals surface area (Å²) < 4.78 is 0. The van der Waals surface area contributed by atoms with Gasteiger partial charge in [0, 0.05) is 5.02 Å². The SMILES string of the molecule is N#CC1(c2cccc(Cl)c2)CCC(C(=O)O)CC1. The van der Waals surface area contributed by atoms with E-state index < -0.39 is 11.4 Å². The topological polar surface area (TPSA) is 61.1 Å². The summed E-state index contributed by atoms with van der Waals surface area (Å²) in [6.07, 6.45) is 2.27. The van der Waals surface area contributed by atoms with E-state index in [1.54, 1.807) is 6.07 Å². The van der Waals surface area contributed by atoms with E-state index in [1.165, 1.54) is 0 Å². The summed E-state index contributed by atoms with van der Waals surface area (Å²) in [4.78, 5) is 10.9. The van der Waals surface area contributed by atoms with E-state index in [4.69, 9.17) is 16.7 Å². The highest BCUT2D eigenvalue weighted by Gasteiger charge is 2.39. The van der Waals surface area contributed by atoms with Gasteiger partial charge in [0.2, 0.25) is 0 Å². The second-order valence-electron chi connectivity index (χ2n) is 4.82. The van der Waals surface area contributed by atoms with Gasteiger partial charge in [0.15, 0.2) is 0 Å². The van der Waals surface area contributed by atoms with Gasteiger partial charge in [-0.15, -0.1) is 0 Å². The molecule has 0 spiro atoms. The Bertz CT molecular complexity index is 499. The predicted octanol–water partition coefficient (Wildman–Crippen LogP) is 3.38. The van der Waals surface area contributed by atoms with Gasteiger partial charge in [0.05, 0.1) is 17.4 Å². The van der Waals surface area contributed by atoms with E-state index in [1.807, 2.05) is 18.2 Å². The van der Waals surface area contributed by atoms with Gasteiger partial charge in [-0.1, -0.05) is 23.7 Å². The molecule has 2 rings (SSSR count). The quantitative estimate of drug-likeness (QED) is 0.890. The molecule has 1 aromatic carbocycles. The Hall–Kier alpha value is -1.53. The Morgan fingerprint density at radius 1 is 1.44 bits per heavy atom. The van der Waals surface area contributed by atoms with Gasteiger partial charge in [-0.2, -0.15) is 5.26 Å². The fraction of sp³-hybridized carbons (Fsp3) is 0.429. The molecule has 0 saturated heterocycles. The van der Waals surface area contributed by atoms with Crippen molar-refractivity contribution in [2.24, 2.45) is 5.92 Å². The Kier molecular flexibility index (Phi) is 3.58. The van der Waals surface area contributed by atoms with Crippen LogP contribution >= 0.6 is 11.6 Å². The summed E-state index contributed by atoms with van der Waals surface area (Å²) in [6.45, 7) is 0. The van der Waals surface area contributed by atoms with Crippen LogP contribution in [0, 0.1) is 17.2 Å². The first-order valence-electron chi connectivity index (χ1n) is 5.97. The second kappa shape index (κ2) is 4.99. The third-order valence-corrected chi connectivity index (χ3v) is 4.01. The lowest BCUT2D eigenvalue weighted by Gasteiger charge is -2.33. The third-order valence-electron chi connectivity index (χ3n) is 3.78. The zero-order chi connectivity index (χ0) is 13.2. The number of halogens is 1. The summed E-state index contributed by atoms with van der Waals surface area (Å²) in [6, 6.07) is 9.69. The number of nitriles is 1. The Balaban J connectivity index is 2.25. The molecular formula is C14H14ClNO2. The van der Waals surface area contributed by atoms with Crippen molar-refractivity contribution < 1.29 is 9.90 Å². The Labute approximate surface area is 111 Å². The highest BCUT2D eigenvalue weighted by atomic mass is 35.5. The van der Waals surface area contributed by atoms with Crippen LogP contribution in [0.4, 0.5) is 0 Å². The molecule has 0 aliphatic heterocycles. The Morgan fingerprint density at radius 3 is 2.61 bits per heavy atom. The van der Waals surface area contributed by atoms with Crippen molar-refractivity contribution in [3.8, 4) is 6.07 Å². The van der Waals surface area contributed by atoms with Crippen molar-refractivity contribution in [2.75, 3.05) is 0 Å². The van der Waals surface area contributed by atoms with Gasteiger partial charge in [0.1, 0.15) is 0 Å². The molecule has 3 nitrogen and oxygen atoms in total. The summed E-state index contributed by atoms with van der Waals surface area (Å²) >= 11 is 5.96. The highest BCUT2D eigenvalue weighted by molar-refractivity contribution is 6.30. The normalized spacial score (nSPS) is 27.4. The van der Waals surface area contributed by atoms with Gasteiger partial charge < -0.3 is 5.11 Å². The lowest BCUT2D eigenvalue weighted by Crippen LogP contribution is -2.32. The maximum Gasteiger partial charge on any atom is 0.306 e. The van der Waals surface area contributed by atoms with Crippen molar-refractivity contribution in [1.29, 1.82) is 5.26 Å². The molecule has 0 unspecified atom stereocenters. The van der Waals surface area contributed by atoms with Crippen LogP contribution in [0.25, 0.3) is 0 Å². The lowest BCUT2D eigenvalue weighted by atomic mass is 9.67. The molecule has 1 aliphatic carbocycles. The van der Waals surface area contributed by atoms with Crippen LogP contribution in [0.5, 0.6) is 0 Å². The number of aliphatic carboxylic acids is 1. The van der Waals surface area contributed by atoms with Crippen LogP contribution in [0.2, 0.25) is 5.02 Å². The molecule has 0 aromatic heterocycles. The number of hydrogen-bond donors (Lipinski definition) is 1. The van der Waals surface area contributed by atoms with Gasteiger partial charge in [0.25, 0.3) is 0 Å². The van der Waals surface area contributed by atoms with E-state index in [0.29, 0.717) is 30.7 Å². The molecule has 1 aromatic rings. The van der Waals surface area contributed by atoms with Crippen LogP contribution in [-0.4, -0.2) is 11.1 Å². The van der Waals surface area contributed by atoms with Crippen LogP contribution in [-0.2, 0) is 10.2 Å². The maximum atomic E-state index is 10.9. The van der Waals surface area contributed by atoms with Gasteiger partial charge in [-0.05, 0) is 43.4 Å². The molecular weight excluding hydrogens is 250 g/mol. The molecule has 1 aliphatic rings. The molecule has 4 heteroatoms. The molecule has 0 radical (unpaired) electrons. The third kappa shape index (κ3) is 2.34. The van der Waals surface area contributed by atoms with E-state index >= 15 is 0 Å². The van der Waals surface area contributed by atoms with Crippen molar-refractivity contribution in [3.05, 3.63) is 34.9 Å². The molecule has 0 atom stereocenters. The molecule has 94 valence electrons. The molecule has 0 amide bonds. The zero-order valence-electron chi connectivity index (χ0n) is 9.90. The summed E-state index contributed by atoms with van der Waals surface area (Å²) in [7, 11) is 0. The van der Waals surface area contributed by atoms with Crippen molar-refractivity contribution in [1.82, 2.24) is 0 Å². The minimum atomic E-state index is -0.757. The van der Waals surface area contributed by atoms with Crippen LogP contribution in [0.1, 0.15) is 31.2 Å². The number of carboxylic acid groups (broad SMARTS) is 1. The number of carbonyl (C=O) groups is 1. The summed E-state index contributed by atoms with van der Waals surface area (Å²) in [5, 5.41) is 19.1. The second-order valence-corrected chi connectivity index (χ2v) is 5.25. The molecule has 1 fully saturated rings. The fourth-order valence-corrected chi connectivity index (χ4v) is 2.80. The van der Waals surface area contributed by atoms with Crippen LogP contribution in [0.3, 0.4) is 0 Å². The largest absolute Gasteiger partial charge is 0.481 e.